The zero-order chi connectivity index (χ0) is 11.1. The Morgan fingerprint density at radius 1 is 1.27 bits per heavy atom. The van der Waals surface area contributed by atoms with E-state index in [0.29, 0.717) is 0 Å². The van der Waals surface area contributed by atoms with Gasteiger partial charge in [-0.2, -0.15) is 11.8 Å². The zero-order valence-corrected chi connectivity index (χ0v) is 11.2. The van der Waals surface area contributed by atoms with Gasteiger partial charge in [0.2, 0.25) is 0 Å². The minimum atomic E-state index is 0.828. The van der Waals surface area contributed by atoms with E-state index in [1.54, 1.807) is 0 Å². The average Bonchev–Trinajstić information content (AvgIpc) is 2.29. The van der Waals surface area contributed by atoms with Crippen LogP contribution in [0.3, 0.4) is 0 Å². The van der Waals surface area contributed by atoms with Crippen molar-refractivity contribution in [3.63, 3.8) is 0 Å². The Morgan fingerprint density at radius 3 is 2.67 bits per heavy atom. The summed E-state index contributed by atoms with van der Waals surface area (Å²) in [5.74, 6) is 4.08. The van der Waals surface area contributed by atoms with Crippen molar-refractivity contribution in [2.45, 2.75) is 45.4 Å². The first-order chi connectivity index (χ1) is 7.31. The van der Waals surface area contributed by atoms with Crippen molar-refractivity contribution >= 4 is 11.8 Å². The van der Waals surface area contributed by atoms with Crippen LogP contribution >= 0.6 is 11.8 Å². The molecular formula is C13H27NS. The van der Waals surface area contributed by atoms with Crippen LogP contribution in [0.5, 0.6) is 0 Å². The third-order valence-corrected chi connectivity index (χ3v) is 4.75. The summed E-state index contributed by atoms with van der Waals surface area (Å²) in [6.07, 6.45) is 10.6. The van der Waals surface area contributed by atoms with Crippen LogP contribution in [-0.2, 0) is 0 Å². The molecule has 15 heavy (non-hydrogen) atoms. The maximum absolute atomic E-state index is 5.88. The highest BCUT2D eigenvalue weighted by Crippen LogP contribution is 2.37. The maximum Gasteiger partial charge on any atom is -0.00462 e. The molecule has 0 aromatic carbocycles. The van der Waals surface area contributed by atoms with Gasteiger partial charge < -0.3 is 5.73 Å². The van der Waals surface area contributed by atoms with Gasteiger partial charge in [0, 0.05) is 0 Å². The second-order valence-corrected chi connectivity index (χ2v) is 5.96. The zero-order valence-electron chi connectivity index (χ0n) is 10.4. The van der Waals surface area contributed by atoms with Gasteiger partial charge in [-0.15, -0.1) is 0 Å². The van der Waals surface area contributed by atoms with E-state index in [2.05, 4.69) is 13.2 Å². The van der Waals surface area contributed by atoms with E-state index in [1.165, 1.54) is 44.3 Å². The molecule has 2 N–H and O–H groups in total. The van der Waals surface area contributed by atoms with Gasteiger partial charge in [0.1, 0.15) is 0 Å². The maximum atomic E-state index is 5.88. The van der Waals surface area contributed by atoms with Gasteiger partial charge in [-0.1, -0.05) is 19.8 Å². The summed E-state index contributed by atoms with van der Waals surface area (Å²) in [7, 11) is 0. The lowest BCUT2D eigenvalue weighted by Gasteiger charge is -2.35. The minimum Gasteiger partial charge on any atom is -0.330 e. The van der Waals surface area contributed by atoms with E-state index >= 15 is 0 Å². The van der Waals surface area contributed by atoms with Crippen molar-refractivity contribution in [3.8, 4) is 0 Å². The normalized spacial score (nSPS) is 31.8. The summed E-state index contributed by atoms with van der Waals surface area (Å²) in [5.41, 5.74) is 5.88. The molecule has 3 atom stereocenters. The van der Waals surface area contributed by atoms with Crippen molar-refractivity contribution in [2.24, 2.45) is 23.5 Å². The predicted octanol–water partition coefficient (Wildman–Crippen LogP) is 3.53. The highest BCUT2D eigenvalue weighted by molar-refractivity contribution is 7.98. The molecule has 0 spiro atoms. The molecule has 0 aromatic rings. The van der Waals surface area contributed by atoms with Crippen LogP contribution in [0.1, 0.15) is 45.4 Å². The van der Waals surface area contributed by atoms with Crippen molar-refractivity contribution < 1.29 is 0 Å². The Kier molecular flexibility index (Phi) is 6.74. The van der Waals surface area contributed by atoms with Gasteiger partial charge in [0.25, 0.3) is 0 Å². The van der Waals surface area contributed by atoms with Crippen LogP contribution in [0.4, 0.5) is 0 Å². The lowest BCUT2D eigenvalue weighted by Crippen LogP contribution is -2.30. The molecule has 90 valence electrons. The Bertz CT molecular complexity index is 161. The quantitative estimate of drug-likeness (QED) is 0.705. The summed E-state index contributed by atoms with van der Waals surface area (Å²) >= 11 is 1.97. The van der Waals surface area contributed by atoms with E-state index in [9.17, 15) is 0 Å². The van der Waals surface area contributed by atoms with Gasteiger partial charge in [-0.3, -0.25) is 0 Å². The van der Waals surface area contributed by atoms with Crippen molar-refractivity contribution in [2.75, 3.05) is 18.6 Å². The molecule has 3 unspecified atom stereocenters. The van der Waals surface area contributed by atoms with E-state index < -0.39 is 0 Å². The standard InChI is InChI=1S/C13H27NS/c1-3-11-6-7-13(10-14)12(9-11)5-4-8-15-2/h11-13H,3-10,14H2,1-2H3. The Morgan fingerprint density at radius 2 is 2.07 bits per heavy atom. The Balaban J connectivity index is 2.33. The summed E-state index contributed by atoms with van der Waals surface area (Å²) in [6, 6.07) is 0. The average molecular weight is 229 g/mol. The largest absolute Gasteiger partial charge is 0.330 e. The number of nitrogens with two attached hydrogens (primary N) is 1. The van der Waals surface area contributed by atoms with Gasteiger partial charge in [-0.25, -0.2) is 0 Å². The first-order valence-electron chi connectivity index (χ1n) is 6.50. The fourth-order valence-corrected chi connectivity index (χ4v) is 3.40. The highest BCUT2D eigenvalue weighted by Gasteiger charge is 2.28. The first-order valence-corrected chi connectivity index (χ1v) is 7.90. The third-order valence-electron chi connectivity index (χ3n) is 4.05. The number of hydrogen-bond acceptors (Lipinski definition) is 2. The molecule has 1 aliphatic rings. The lowest BCUT2D eigenvalue weighted by molar-refractivity contribution is 0.170. The third kappa shape index (κ3) is 4.36. The van der Waals surface area contributed by atoms with Crippen molar-refractivity contribution in [3.05, 3.63) is 0 Å². The molecule has 0 amide bonds. The Hall–Kier alpha value is 0.310. The fraction of sp³-hybridized carbons (Fsp3) is 1.00. The first kappa shape index (κ1) is 13.4. The van der Waals surface area contributed by atoms with Crippen LogP contribution < -0.4 is 5.73 Å². The monoisotopic (exact) mass is 229 g/mol. The molecule has 0 bridgehead atoms. The minimum absolute atomic E-state index is 0.828. The molecule has 0 radical (unpaired) electrons. The van der Waals surface area contributed by atoms with Gasteiger partial charge in [-0.05, 0) is 62.0 Å². The summed E-state index contributed by atoms with van der Waals surface area (Å²) in [6.45, 7) is 3.26. The predicted molar refractivity (Wildman–Crippen MR) is 71.3 cm³/mol. The van der Waals surface area contributed by atoms with E-state index in [1.807, 2.05) is 11.8 Å². The summed E-state index contributed by atoms with van der Waals surface area (Å²) in [4.78, 5) is 0. The molecule has 0 aromatic heterocycles. The van der Waals surface area contributed by atoms with Crippen LogP contribution in [0.2, 0.25) is 0 Å². The SMILES string of the molecule is CCC1CCC(CN)C(CCCSC)C1. The van der Waals surface area contributed by atoms with E-state index in [-0.39, 0.29) is 0 Å². The fourth-order valence-electron chi connectivity index (χ4n) is 2.95. The van der Waals surface area contributed by atoms with Gasteiger partial charge >= 0.3 is 0 Å². The smallest absolute Gasteiger partial charge is 0.00462 e. The summed E-state index contributed by atoms with van der Waals surface area (Å²) in [5, 5.41) is 0. The molecule has 1 nitrogen and oxygen atoms in total. The second kappa shape index (κ2) is 7.56. The Labute approximate surface area is 99.6 Å². The molecule has 2 heteroatoms. The molecule has 0 saturated heterocycles. The lowest BCUT2D eigenvalue weighted by atomic mass is 9.71. The van der Waals surface area contributed by atoms with Gasteiger partial charge in [0.05, 0.1) is 0 Å². The topological polar surface area (TPSA) is 26.0 Å². The molecule has 1 fully saturated rings. The van der Waals surface area contributed by atoms with Crippen molar-refractivity contribution in [1.29, 1.82) is 0 Å². The van der Waals surface area contributed by atoms with Gasteiger partial charge in [0.15, 0.2) is 0 Å². The molecule has 1 aliphatic carbocycles. The molecule has 0 heterocycles. The number of hydrogen-bond donors (Lipinski definition) is 1. The van der Waals surface area contributed by atoms with Crippen LogP contribution in [0, 0.1) is 17.8 Å². The van der Waals surface area contributed by atoms with Crippen LogP contribution in [-0.4, -0.2) is 18.6 Å². The summed E-state index contributed by atoms with van der Waals surface area (Å²) < 4.78 is 0. The highest BCUT2D eigenvalue weighted by atomic mass is 32.2. The van der Waals surface area contributed by atoms with Crippen LogP contribution in [0.15, 0.2) is 0 Å². The van der Waals surface area contributed by atoms with Crippen molar-refractivity contribution in [1.82, 2.24) is 0 Å². The molecule has 0 aliphatic heterocycles. The number of rotatable bonds is 6. The molecular weight excluding hydrogens is 202 g/mol. The van der Waals surface area contributed by atoms with Crippen LogP contribution in [0.25, 0.3) is 0 Å². The number of thioether (sulfide) groups is 1. The molecule has 1 saturated carbocycles. The van der Waals surface area contributed by atoms with E-state index in [4.69, 9.17) is 5.73 Å². The molecule has 1 rings (SSSR count). The second-order valence-electron chi connectivity index (χ2n) is 4.98. The van der Waals surface area contributed by atoms with E-state index in [0.717, 1.165) is 24.3 Å².